The molecule has 9 nitrogen and oxygen atoms in total. The Morgan fingerprint density at radius 2 is 1.89 bits per heavy atom. The van der Waals surface area contributed by atoms with Crippen molar-refractivity contribution in [2.45, 2.75) is 12.5 Å². The molecule has 0 spiro atoms. The highest BCUT2D eigenvalue weighted by Gasteiger charge is 2.28. The summed E-state index contributed by atoms with van der Waals surface area (Å²) in [5.41, 5.74) is 6.32. The zero-order valence-electron chi connectivity index (χ0n) is 14.0. The Morgan fingerprint density at radius 1 is 1.11 bits per heavy atom. The molecule has 3 heterocycles. The van der Waals surface area contributed by atoms with E-state index in [1.807, 2.05) is 0 Å². The van der Waals surface area contributed by atoms with Gasteiger partial charge in [-0.25, -0.2) is 0 Å². The third-order valence-electron chi connectivity index (χ3n) is 3.77. The minimum atomic E-state index is -1.14. The van der Waals surface area contributed by atoms with Crippen molar-refractivity contribution in [3.8, 4) is 11.5 Å². The second-order valence-electron chi connectivity index (χ2n) is 5.60. The van der Waals surface area contributed by atoms with Crippen molar-refractivity contribution >= 4 is 17.6 Å². The number of Topliss-reactive ketones (excluding diaryl/α,β-unsaturated/α-hetero) is 1. The van der Waals surface area contributed by atoms with Gasteiger partial charge in [0, 0.05) is 25.0 Å². The molecule has 3 N–H and O–H groups in total. The average Bonchev–Trinajstić information content (AvgIpc) is 3.18. The summed E-state index contributed by atoms with van der Waals surface area (Å²) < 4.78 is 5.12. The summed E-state index contributed by atoms with van der Waals surface area (Å²) in [6.07, 6.45) is 5.93. The molecule has 2 amide bonds. The normalized spacial score (nSPS) is 11.6. The fourth-order valence-electron chi connectivity index (χ4n) is 2.45. The number of nitrogens with one attached hydrogen (secondary N) is 1. The topological polar surface area (TPSA) is 141 Å². The van der Waals surface area contributed by atoms with Crippen LogP contribution >= 0.6 is 0 Å². The predicted molar refractivity (Wildman–Crippen MR) is 93.1 cm³/mol. The molecule has 27 heavy (non-hydrogen) atoms. The summed E-state index contributed by atoms with van der Waals surface area (Å²) in [7, 11) is 0. The first kappa shape index (κ1) is 17.9. The monoisotopic (exact) mass is 365 g/mol. The van der Waals surface area contributed by atoms with Crippen molar-refractivity contribution in [3.63, 3.8) is 0 Å². The first-order valence-corrected chi connectivity index (χ1v) is 7.95. The van der Waals surface area contributed by atoms with Gasteiger partial charge in [0.15, 0.2) is 5.76 Å². The molecule has 3 rings (SSSR count). The lowest BCUT2D eigenvalue weighted by atomic mass is 10.0. The number of nitrogens with zero attached hydrogens (tertiary/aromatic N) is 3. The van der Waals surface area contributed by atoms with Gasteiger partial charge in [-0.15, -0.1) is 0 Å². The van der Waals surface area contributed by atoms with Crippen molar-refractivity contribution in [2.24, 2.45) is 5.73 Å². The highest BCUT2D eigenvalue weighted by atomic mass is 16.5. The third-order valence-corrected chi connectivity index (χ3v) is 3.77. The van der Waals surface area contributed by atoms with Crippen LogP contribution in [0.1, 0.15) is 15.9 Å². The number of carbonyl (C=O) groups is 3. The summed E-state index contributed by atoms with van der Waals surface area (Å²) in [5, 5.41) is 6.15. The van der Waals surface area contributed by atoms with Gasteiger partial charge in [0.05, 0.1) is 6.20 Å². The molecule has 3 aromatic rings. The van der Waals surface area contributed by atoms with E-state index in [4.69, 9.17) is 10.3 Å². The molecular weight excluding hydrogens is 350 g/mol. The maximum atomic E-state index is 12.7. The summed E-state index contributed by atoms with van der Waals surface area (Å²) in [6.45, 7) is 0. The van der Waals surface area contributed by atoms with Gasteiger partial charge >= 0.3 is 0 Å². The lowest BCUT2D eigenvalue weighted by Crippen LogP contribution is -2.47. The van der Waals surface area contributed by atoms with Gasteiger partial charge in [-0.2, -0.15) is 0 Å². The molecule has 0 bridgehead atoms. The minimum absolute atomic E-state index is 0.0836. The SMILES string of the molecule is NC(=O)C(=O)C(Cc1ccncc1)NC(=O)c1cnoc1-c1ccccn1. The predicted octanol–water partition coefficient (Wildman–Crippen LogP) is 0.527. The number of hydrogen-bond donors (Lipinski definition) is 2. The molecule has 0 aliphatic rings. The Hall–Kier alpha value is -3.88. The van der Waals surface area contributed by atoms with E-state index in [0.29, 0.717) is 11.3 Å². The van der Waals surface area contributed by atoms with E-state index in [0.717, 1.165) is 0 Å². The second-order valence-corrected chi connectivity index (χ2v) is 5.60. The van der Waals surface area contributed by atoms with Crippen LogP contribution < -0.4 is 11.1 Å². The van der Waals surface area contributed by atoms with Crippen molar-refractivity contribution in [3.05, 3.63) is 66.2 Å². The number of primary amides is 1. The van der Waals surface area contributed by atoms with Crippen LogP contribution in [0.15, 0.2) is 59.6 Å². The van der Waals surface area contributed by atoms with Crippen molar-refractivity contribution < 1.29 is 18.9 Å². The quantitative estimate of drug-likeness (QED) is 0.582. The van der Waals surface area contributed by atoms with Crippen LogP contribution in [0, 0.1) is 0 Å². The largest absolute Gasteiger partial charge is 0.363 e. The summed E-state index contributed by atoms with van der Waals surface area (Å²) in [6, 6.07) is 7.31. The number of pyridine rings is 2. The number of rotatable bonds is 7. The van der Waals surface area contributed by atoms with Crippen molar-refractivity contribution in [1.82, 2.24) is 20.4 Å². The van der Waals surface area contributed by atoms with E-state index < -0.39 is 23.6 Å². The molecular formula is C18H15N5O4. The van der Waals surface area contributed by atoms with Gasteiger partial charge in [0.2, 0.25) is 5.78 Å². The second kappa shape index (κ2) is 8.00. The maximum absolute atomic E-state index is 12.7. The molecule has 136 valence electrons. The lowest BCUT2D eigenvalue weighted by molar-refractivity contribution is -0.137. The van der Waals surface area contributed by atoms with E-state index >= 15 is 0 Å². The number of aromatic nitrogens is 3. The van der Waals surface area contributed by atoms with E-state index in [1.165, 1.54) is 6.20 Å². The molecule has 0 fully saturated rings. The Kier molecular flexibility index (Phi) is 5.31. The Balaban J connectivity index is 1.84. The third kappa shape index (κ3) is 4.21. The molecule has 1 atom stereocenters. The van der Waals surface area contributed by atoms with E-state index in [-0.39, 0.29) is 17.7 Å². The van der Waals surface area contributed by atoms with Gasteiger partial charge < -0.3 is 15.6 Å². The molecule has 0 aromatic carbocycles. The molecule has 0 aliphatic heterocycles. The minimum Gasteiger partial charge on any atom is -0.363 e. The van der Waals surface area contributed by atoms with Crippen molar-refractivity contribution in [1.29, 1.82) is 0 Å². The number of carbonyl (C=O) groups excluding carboxylic acids is 3. The smallest absolute Gasteiger partial charge is 0.287 e. The molecule has 0 radical (unpaired) electrons. The molecule has 0 saturated heterocycles. The molecule has 0 saturated carbocycles. The van der Waals surface area contributed by atoms with Gasteiger partial charge in [-0.05, 0) is 29.8 Å². The average molecular weight is 365 g/mol. The molecule has 3 aromatic heterocycles. The van der Waals surface area contributed by atoms with Crippen LogP contribution in [0.3, 0.4) is 0 Å². The van der Waals surface area contributed by atoms with Gasteiger partial charge in [-0.3, -0.25) is 24.4 Å². The number of amides is 2. The van der Waals surface area contributed by atoms with Gasteiger partial charge in [0.1, 0.15) is 17.3 Å². The van der Waals surface area contributed by atoms with E-state index in [9.17, 15) is 14.4 Å². The summed E-state index contributed by atoms with van der Waals surface area (Å²) in [4.78, 5) is 44.2. The van der Waals surface area contributed by atoms with Gasteiger partial charge in [-0.1, -0.05) is 11.2 Å². The Labute approximate surface area is 153 Å². The fourth-order valence-corrected chi connectivity index (χ4v) is 2.45. The Bertz CT molecular complexity index is 956. The number of nitrogens with two attached hydrogens (primary N) is 1. The highest BCUT2D eigenvalue weighted by Crippen LogP contribution is 2.21. The number of hydrogen-bond acceptors (Lipinski definition) is 7. The Morgan fingerprint density at radius 3 is 2.56 bits per heavy atom. The van der Waals surface area contributed by atoms with Crippen LogP contribution in [0.4, 0.5) is 0 Å². The van der Waals surface area contributed by atoms with Crippen LogP contribution in [0.2, 0.25) is 0 Å². The zero-order valence-corrected chi connectivity index (χ0v) is 14.0. The standard InChI is InChI=1S/C18H15N5O4/c19-17(25)15(24)14(9-11-4-7-20-8-5-11)23-18(26)12-10-22-27-16(12)13-3-1-2-6-21-13/h1-8,10,14H,9H2,(H2,19,25)(H,23,26). The highest BCUT2D eigenvalue weighted by molar-refractivity contribution is 6.38. The van der Waals surface area contributed by atoms with Gasteiger partial charge in [0.25, 0.3) is 11.8 Å². The van der Waals surface area contributed by atoms with Crippen LogP contribution in [0.25, 0.3) is 11.5 Å². The van der Waals surface area contributed by atoms with E-state index in [1.54, 1.807) is 48.9 Å². The molecule has 0 aliphatic carbocycles. The first-order chi connectivity index (χ1) is 13.1. The van der Waals surface area contributed by atoms with E-state index in [2.05, 4.69) is 20.4 Å². The van der Waals surface area contributed by atoms with Crippen molar-refractivity contribution in [2.75, 3.05) is 0 Å². The zero-order chi connectivity index (χ0) is 19.2. The molecule has 9 heteroatoms. The first-order valence-electron chi connectivity index (χ1n) is 7.95. The summed E-state index contributed by atoms with van der Waals surface area (Å²) in [5.74, 6) is -2.52. The number of ketones is 1. The van der Waals surface area contributed by atoms with Crippen LogP contribution in [0.5, 0.6) is 0 Å². The lowest BCUT2D eigenvalue weighted by Gasteiger charge is -2.16. The molecule has 1 unspecified atom stereocenters. The fraction of sp³-hybridized carbons (Fsp3) is 0.111. The maximum Gasteiger partial charge on any atom is 0.287 e. The van der Waals surface area contributed by atoms with Crippen LogP contribution in [-0.4, -0.2) is 38.8 Å². The summed E-state index contributed by atoms with van der Waals surface area (Å²) >= 11 is 0. The van der Waals surface area contributed by atoms with Crippen LogP contribution in [-0.2, 0) is 16.0 Å².